The van der Waals surface area contributed by atoms with Crippen LogP contribution in [0.5, 0.6) is 0 Å². The minimum Gasteiger partial charge on any atom is -0.331 e. The fourth-order valence-corrected chi connectivity index (χ4v) is 4.63. The van der Waals surface area contributed by atoms with Crippen LogP contribution >= 0.6 is 11.3 Å². The van der Waals surface area contributed by atoms with Crippen molar-refractivity contribution in [2.24, 2.45) is 0 Å². The van der Waals surface area contributed by atoms with Gasteiger partial charge in [0.05, 0.1) is 6.04 Å². The van der Waals surface area contributed by atoms with E-state index in [1.54, 1.807) is 16.2 Å². The summed E-state index contributed by atoms with van der Waals surface area (Å²) in [7, 11) is 0. The average molecular weight is 385 g/mol. The Morgan fingerprint density at radius 2 is 1.96 bits per heavy atom. The highest BCUT2D eigenvalue weighted by molar-refractivity contribution is 7.10. The standard InChI is InChI=1S/C22H28N2O2S/c1-4-16(3)24(20(25)5-2)15-21(26)23-13-11-19-18(12-14-27-19)22(23)17-9-7-6-8-10-17/h6-10,12,14,16,22H,4-5,11,13,15H2,1-3H3/t16-,22-/m0/s1. The van der Waals surface area contributed by atoms with Gasteiger partial charge in [0.1, 0.15) is 6.54 Å². The second-order valence-corrected chi connectivity index (χ2v) is 8.08. The molecule has 2 heterocycles. The molecular formula is C22H28N2O2S. The molecular weight excluding hydrogens is 356 g/mol. The molecule has 3 rings (SSSR count). The van der Waals surface area contributed by atoms with Gasteiger partial charge in [-0.25, -0.2) is 0 Å². The average Bonchev–Trinajstić information content (AvgIpc) is 3.19. The number of carbonyl (C=O) groups is 2. The van der Waals surface area contributed by atoms with Crippen LogP contribution in [0.3, 0.4) is 0 Å². The van der Waals surface area contributed by atoms with Crippen LogP contribution in [0.2, 0.25) is 0 Å². The van der Waals surface area contributed by atoms with Crippen LogP contribution in [0.15, 0.2) is 41.8 Å². The molecule has 4 nitrogen and oxygen atoms in total. The molecule has 0 aliphatic carbocycles. The topological polar surface area (TPSA) is 40.6 Å². The molecule has 2 aromatic rings. The van der Waals surface area contributed by atoms with Gasteiger partial charge in [-0.2, -0.15) is 0 Å². The van der Waals surface area contributed by atoms with Crippen molar-refractivity contribution in [2.45, 2.75) is 52.1 Å². The van der Waals surface area contributed by atoms with E-state index in [1.807, 2.05) is 36.9 Å². The number of hydrogen-bond donors (Lipinski definition) is 0. The van der Waals surface area contributed by atoms with E-state index >= 15 is 0 Å². The van der Waals surface area contributed by atoms with Crippen molar-refractivity contribution in [3.8, 4) is 0 Å². The van der Waals surface area contributed by atoms with E-state index in [0.29, 0.717) is 13.0 Å². The summed E-state index contributed by atoms with van der Waals surface area (Å²) in [4.78, 5) is 30.8. The highest BCUT2D eigenvalue weighted by atomic mass is 32.1. The van der Waals surface area contributed by atoms with E-state index in [9.17, 15) is 9.59 Å². The SMILES string of the molecule is CCC(=O)N(CC(=O)N1CCc2sccc2[C@@H]1c1ccccc1)[C@@H](C)CC. The largest absolute Gasteiger partial charge is 0.331 e. The molecule has 0 N–H and O–H groups in total. The molecule has 1 aliphatic rings. The highest BCUT2D eigenvalue weighted by Crippen LogP contribution is 2.37. The lowest BCUT2D eigenvalue weighted by Gasteiger charge is -2.38. The lowest BCUT2D eigenvalue weighted by molar-refractivity contribution is -0.143. The fourth-order valence-electron chi connectivity index (χ4n) is 3.73. The normalized spacial score (nSPS) is 17.3. The minimum atomic E-state index is -0.0655. The van der Waals surface area contributed by atoms with Gasteiger partial charge in [0.25, 0.3) is 0 Å². The Bertz CT molecular complexity index is 787. The van der Waals surface area contributed by atoms with E-state index in [-0.39, 0.29) is 30.4 Å². The van der Waals surface area contributed by atoms with Gasteiger partial charge >= 0.3 is 0 Å². The maximum atomic E-state index is 13.3. The van der Waals surface area contributed by atoms with Gasteiger partial charge in [0.15, 0.2) is 0 Å². The molecule has 27 heavy (non-hydrogen) atoms. The van der Waals surface area contributed by atoms with Crippen LogP contribution < -0.4 is 0 Å². The summed E-state index contributed by atoms with van der Waals surface area (Å²) in [5, 5.41) is 2.11. The van der Waals surface area contributed by atoms with Crippen LogP contribution in [-0.2, 0) is 16.0 Å². The first-order chi connectivity index (χ1) is 13.1. The van der Waals surface area contributed by atoms with E-state index in [4.69, 9.17) is 0 Å². The minimum absolute atomic E-state index is 0.0304. The quantitative estimate of drug-likeness (QED) is 0.747. The van der Waals surface area contributed by atoms with Gasteiger partial charge in [0, 0.05) is 23.9 Å². The fraction of sp³-hybridized carbons (Fsp3) is 0.455. The van der Waals surface area contributed by atoms with Gasteiger partial charge in [-0.3, -0.25) is 9.59 Å². The molecule has 2 atom stereocenters. The smallest absolute Gasteiger partial charge is 0.243 e. The predicted molar refractivity (Wildman–Crippen MR) is 110 cm³/mol. The first-order valence-corrected chi connectivity index (χ1v) is 10.6. The molecule has 0 bridgehead atoms. The molecule has 2 amide bonds. The summed E-state index contributed by atoms with van der Waals surface area (Å²) in [6, 6.07) is 12.3. The Morgan fingerprint density at radius 3 is 2.63 bits per heavy atom. The van der Waals surface area contributed by atoms with E-state index in [0.717, 1.165) is 18.4 Å². The second-order valence-electron chi connectivity index (χ2n) is 7.08. The van der Waals surface area contributed by atoms with Crippen molar-refractivity contribution in [3.63, 3.8) is 0 Å². The third-order valence-corrected chi connectivity index (χ3v) is 6.45. The van der Waals surface area contributed by atoms with Crippen molar-refractivity contribution >= 4 is 23.2 Å². The summed E-state index contributed by atoms with van der Waals surface area (Å²) in [6.45, 7) is 6.78. The van der Waals surface area contributed by atoms with Gasteiger partial charge in [0.2, 0.25) is 11.8 Å². The summed E-state index contributed by atoms with van der Waals surface area (Å²) < 4.78 is 0. The number of hydrogen-bond acceptors (Lipinski definition) is 3. The van der Waals surface area contributed by atoms with Gasteiger partial charge in [-0.05, 0) is 42.3 Å². The molecule has 0 radical (unpaired) electrons. The lowest BCUT2D eigenvalue weighted by Crippen LogP contribution is -2.49. The van der Waals surface area contributed by atoms with Gasteiger partial charge in [-0.15, -0.1) is 11.3 Å². The van der Waals surface area contributed by atoms with Crippen LogP contribution in [0, 0.1) is 0 Å². The zero-order valence-corrected chi connectivity index (χ0v) is 17.2. The molecule has 0 unspecified atom stereocenters. The molecule has 0 fully saturated rings. The lowest BCUT2D eigenvalue weighted by atomic mass is 9.93. The van der Waals surface area contributed by atoms with Crippen LogP contribution in [-0.4, -0.2) is 40.7 Å². The Labute approximate surface area is 165 Å². The number of benzene rings is 1. The number of carbonyl (C=O) groups excluding carboxylic acids is 2. The van der Waals surface area contributed by atoms with Crippen molar-refractivity contribution in [2.75, 3.05) is 13.1 Å². The van der Waals surface area contributed by atoms with Gasteiger partial charge < -0.3 is 9.80 Å². The molecule has 144 valence electrons. The van der Waals surface area contributed by atoms with Crippen LogP contribution in [0.4, 0.5) is 0 Å². The molecule has 1 aromatic carbocycles. The molecule has 0 saturated carbocycles. The van der Waals surface area contributed by atoms with Crippen molar-refractivity contribution in [3.05, 3.63) is 57.8 Å². The number of amides is 2. The zero-order chi connectivity index (χ0) is 19.4. The molecule has 5 heteroatoms. The van der Waals surface area contributed by atoms with E-state index < -0.39 is 0 Å². The van der Waals surface area contributed by atoms with Crippen LogP contribution in [0.25, 0.3) is 0 Å². The predicted octanol–water partition coefficient (Wildman–Crippen LogP) is 4.26. The maximum absolute atomic E-state index is 13.3. The van der Waals surface area contributed by atoms with Crippen molar-refractivity contribution in [1.82, 2.24) is 9.80 Å². The Balaban J connectivity index is 1.89. The zero-order valence-electron chi connectivity index (χ0n) is 16.4. The Kier molecular flexibility index (Phi) is 6.32. The Hall–Kier alpha value is -2.14. The summed E-state index contributed by atoms with van der Waals surface area (Å²) in [5.74, 6) is 0.0741. The van der Waals surface area contributed by atoms with Gasteiger partial charge in [-0.1, -0.05) is 44.2 Å². The number of thiophene rings is 1. The monoisotopic (exact) mass is 384 g/mol. The number of fused-ring (bicyclic) bond motifs is 1. The number of rotatable bonds is 6. The van der Waals surface area contributed by atoms with Crippen molar-refractivity contribution in [1.29, 1.82) is 0 Å². The highest BCUT2D eigenvalue weighted by Gasteiger charge is 2.34. The first kappa shape index (κ1) is 19.6. The second kappa shape index (κ2) is 8.70. The van der Waals surface area contributed by atoms with Crippen LogP contribution in [0.1, 0.15) is 55.7 Å². The Morgan fingerprint density at radius 1 is 1.22 bits per heavy atom. The third-order valence-electron chi connectivity index (χ3n) is 5.45. The molecule has 0 spiro atoms. The summed E-state index contributed by atoms with van der Waals surface area (Å²) in [6.07, 6.45) is 2.15. The maximum Gasteiger partial charge on any atom is 0.243 e. The van der Waals surface area contributed by atoms with E-state index in [2.05, 4.69) is 30.5 Å². The third kappa shape index (κ3) is 4.08. The summed E-state index contributed by atoms with van der Waals surface area (Å²) in [5.41, 5.74) is 2.35. The van der Waals surface area contributed by atoms with Crippen molar-refractivity contribution < 1.29 is 9.59 Å². The first-order valence-electron chi connectivity index (χ1n) is 9.76. The summed E-state index contributed by atoms with van der Waals surface area (Å²) >= 11 is 1.77. The molecule has 1 aromatic heterocycles. The molecule has 0 saturated heterocycles. The molecule has 1 aliphatic heterocycles. The number of nitrogens with zero attached hydrogens (tertiary/aromatic N) is 2. The van der Waals surface area contributed by atoms with E-state index in [1.165, 1.54) is 10.4 Å².